The number of morpholine rings is 1. The summed E-state index contributed by atoms with van der Waals surface area (Å²) in [4.78, 5) is 32.5. The van der Waals surface area contributed by atoms with Gasteiger partial charge in [-0.05, 0) is 26.3 Å². The lowest BCUT2D eigenvalue weighted by Crippen LogP contribution is -2.37. The van der Waals surface area contributed by atoms with Crippen LogP contribution in [0.1, 0.15) is 38.7 Å². The van der Waals surface area contributed by atoms with Crippen LogP contribution < -0.4 is 10.2 Å². The maximum atomic E-state index is 12.1. The van der Waals surface area contributed by atoms with Gasteiger partial charge >= 0.3 is 0 Å². The molecule has 1 aliphatic heterocycles. The van der Waals surface area contributed by atoms with E-state index in [1.807, 2.05) is 26.0 Å². The Morgan fingerprint density at radius 3 is 2.65 bits per heavy atom. The normalized spacial score (nSPS) is 14.2. The Morgan fingerprint density at radius 1 is 1.23 bits per heavy atom. The van der Waals surface area contributed by atoms with Crippen molar-refractivity contribution in [3.05, 3.63) is 23.9 Å². The number of ether oxygens (including phenoxy) is 1. The summed E-state index contributed by atoms with van der Waals surface area (Å²) in [5.41, 5.74) is 1.00. The monoisotopic (exact) mass is 362 g/mol. The molecule has 0 radical (unpaired) electrons. The van der Waals surface area contributed by atoms with Crippen molar-refractivity contribution in [2.75, 3.05) is 44.3 Å². The fraction of sp³-hybridized carbons (Fsp3) is 0.632. The maximum absolute atomic E-state index is 12.1. The SMILES string of the molecule is CCN(CC)C(=O)CCCC(=O)NCc1cccnc1N1CCOCC1. The van der Waals surface area contributed by atoms with E-state index in [0.717, 1.165) is 24.5 Å². The van der Waals surface area contributed by atoms with Crippen LogP contribution in [-0.4, -0.2) is 61.1 Å². The molecular weight excluding hydrogens is 332 g/mol. The van der Waals surface area contributed by atoms with E-state index in [1.54, 1.807) is 11.1 Å². The van der Waals surface area contributed by atoms with Crippen molar-refractivity contribution in [1.82, 2.24) is 15.2 Å². The molecule has 7 heteroatoms. The number of hydrogen-bond acceptors (Lipinski definition) is 5. The van der Waals surface area contributed by atoms with Gasteiger partial charge in [0.2, 0.25) is 11.8 Å². The van der Waals surface area contributed by atoms with Crippen LogP contribution in [-0.2, 0) is 20.9 Å². The van der Waals surface area contributed by atoms with Crippen molar-refractivity contribution in [2.24, 2.45) is 0 Å². The quantitative estimate of drug-likeness (QED) is 0.722. The zero-order valence-electron chi connectivity index (χ0n) is 15.9. The van der Waals surface area contributed by atoms with E-state index in [9.17, 15) is 9.59 Å². The number of pyridine rings is 1. The van der Waals surface area contributed by atoms with Crippen molar-refractivity contribution in [3.63, 3.8) is 0 Å². The molecule has 0 aromatic carbocycles. The average Bonchev–Trinajstić information content (AvgIpc) is 2.68. The molecule has 1 N–H and O–H groups in total. The summed E-state index contributed by atoms with van der Waals surface area (Å²) in [5.74, 6) is 0.992. The summed E-state index contributed by atoms with van der Waals surface area (Å²) in [6.07, 6.45) is 3.13. The highest BCUT2D eigenvalue weighted by Crippen LogP contribution is 2.18. The second kappa shape index (κ2) is 10.8. The molecule has 0 unspecified atom stereocenters. The van der Waals surface area contributed by atoms with Crippen molar-refractivity contribution >= 4 is 17.6 Å². The molecule has 2 heterocycles. The van der Waals surface area contributed by atoms with E-state index in [1.165, 1.54) is 0 Å². The summed E-state index contributed by atoms with van der Waals surface area (Å²) in [5, 5.41) is 2.95. The van der Waals surface area contributed by atoms with Crippen molar-refractivity contribution in [2.45, 2.75) is 39.7 Å². The Kier molecular flexibility index (Phi) is 8.34. The molecule has 0 aliphatic carbocycles. The van der Waals surface area contributed by atoms with Gasteiger partial charge in [-0.3, -0.25) is 9.59 Å². The Hall–Kier alpha value is -2.15. The first kappa shape index (κ1) is 20.2. The highest BCUT2D eigenvalue weighted by Gasteiger charge is 2.16. The van der Waals surface area contributed by atoms with E-state index in [-0.39, 0.29) is 11.8 Å². The van der Waals surface area contributed by atoms with E-state index in [0.29, 0.717) is 52.1 Å². The summed E-state index contributed by atoms with van der Waals surface area (Å²) in [6.45, 7) is 8.83. The lowest BCUT2D eigenvalue weighted by Gasteiger charge is -2.29. The molecule has 144 valence electrons. The van der Waals surface area contributed by atoms with E-state index in [4.69, 9.17) is 4.74 Å². The minimum absolute atomic E-state index is 0.0332. The Balaban J connectivity index is 1.78. The summed E-state index contributed by atoms with van der Waals surface area (Å²) < 4.78 is 5.39. The van der Waals surface area contributed by atoms with Crippen LogP contribution in [0.3, 0.4) is 0 Å². The van der Waals surface area contributed by atoms with Gasteiger partial charge in [-0.25, -0.2) is 4.98 Å². The number of amides is 2. The summed E-state index contributed by atoms with van der Waals surface area (Å²) >= 11 is 0. The molecule has 0 bridgehead atoms. The Bertz CT molecular complexity index is 584. The Labute approximate surface area is 155 Å². The molecule has 0 saturated carbocycles. The van der Waals surface area contributed by atoms with Crippen LogP contribution in [0.5, 0.6) is 0 Å². The van der Waals surface area contributed by atoms with Crippen LogP contribution >= 0.6 is 0 Å². The van der Waals surface area contributed by atoms with E-state index < -0.39 is 0 Å². The molecule has 2 amide bonds. The first-order chi connectivity index (χ1) is 12.7. The molecule has 1 fully saturated rings. The molecule has 2 rings (SSSR count). The molecule has 1 aromatic rings. The van der Waals surface area contributed by atoms with Crippen LogP contribution in [0.4, 0.5) is 5.82 Å². The maximum Gasteiger partial charge on any atom is 0.222 e. The smallest absolute Gasteiger partial charge is 0.222 e. The number of nitrogens with zero attached hydrogens (tertiary/aromatic N) is 3. The van der Waals surface area contributed by atoms with Crippen LogP contribution in [0.25, 0.3) is 0 Å². The minimum Gasteiger partial charge on any atom is -0.378 e. The third-order valence-electron chi connectivity index (χ3n) is 4.56. The number of carbonyl (C=O) groups excluding carboxylic acids is 2. The number of nitrogens with one attached hydrogen (secondary N) is 1. The molecule has 0 atom stereocenters. The number of rotatable bonds is 9. The number of anilines is 1. The number of aromatic nitrogens is 1. The molecule has 26 heavy (non-hydrogen) atoms. The topological polar surface area (TPSA) is 74.8 Å². The second-order valence-corrected chi connectivity index (χ2v) is 6.28. The molecular formula is C19H30N4O3. The highest BCUT2D eigenvalue weighted by molar-refractivity contribution is 5.79. The molecule has 7 nitrogen and oxygen atoms in total. The van der Waals surface area contributed by atoms with Gasteiger partial charge in [0.15, 0.2) is 0 Å². The van der Waals surface area contributed by atoms with Gasteiger partial charge in [0.1, 0.15) is 5.82 Å². The molecule has 0 spiro atoms. The highest BCUT2D eigenvalue weighted by atomic mass is 16.5. The predicted octanol–water partition coefficient (Wildman–Crippen LogP) is 1.57. The van der Waals surface area contributed by atoms with Gasteiger partial charge < -0.3 is 19.9 Å². The zero-order valence-corrected chi connectivity index (χ0v) is 15.9. The fourth-order valence-corrected chi connectivity index (χ4v) is 3.04. The van der Waals surface area contributed by atoms with Crippen LogP contribution in [0.2, 0.25) is 0 Å². The van der Waals surface area contributed by atoms with Crippen molar-refractivity contribution < 1.29 is 14.3 Å². The van der Waals surface area contributed by atoms with Gasteiger partial charge in [-0.15, -0.1) is 0 Å². The zero-order chi connectivity index (χ0) is 18.8. The summed E-state index contributed by atoms with van der Waals surface area (Å²) in [6, 6.07) is 3.87. The Morgan fingerprint density at radius 2 is 1.96 bits per heavy atom. The second-order valence-electron chi connectivity index (χ2n) is 6.28. The largest absolute Gasteiger partial charge is 0.378 e. The molecule has 1 saturated heterocycles. The van der Waals surface area contributed by atoms with E-state index in [2.05, 4.69) is 15.2 Å². The van der Waals surface area contributed by atoms with E-state index >= 15 is 0 Å². The minimum atomic E-state index is -0.0332. The van der Waals surface area contributed by atoms with Crippen molar-refractivity contribution in [1.29, 1.82) is 0 Å². The lowest BCUT2D eigenvalue weighted by molar-refractivity contribution is -0.131. The average molecular weight is 362 g/mol. The third-order valence-corrected chi connectivity index (χ3v) is 4.56. The van der Waals surface area contributed by atoms with Gasteiger partial charge in [0.25, 0.3) is 0 Å². The van der Waals surface area contributed by atoms with Crippen LogP contribution in [0.15, 0.2) is 18.3 Å². The molecule has 1 aliphatic rings. The lowest BCUT2D eigenvalue weighted by atomic mass is 10.2. The summed E-state index contributed by atoms with van der Waals surface area (Å²) in [7, 11) is 0. The van der Waals surface area contributed by atoms with Gasteiger partial charge in [0.05, 0.1) is 13.2 Å². The fourth-order valence-electron chi connectivity index (χ4n) is 3.04. The first-order valence-electron chi connectivity index (χ1n) is 9.46. The van der Waals surface area contributed by atoms with Crippen molar-refractivity contribution in [3.8, 4) is 0 Å². The standard InChI is InChI=1S/C19H30N4O3/c1-3-22(4-2)18(25)9-5-8-17(24)21-15-16-7-6-10-20-19(16)23-11-13-26-14-12-23/h6-7,10H,3-5,8-9,11-15H2,1-2H3,(H,21,24). The first-order valence-corrected chi connectivity index (χ1v) is 9.46. The third kappa shape index (κ3) is 5.98. The predicted molar refractivity (Wildman–Crippen MR) is 101 cm³/mol. The van der Waals surface area contributed by atoms with Gasteiger partial charge in [-0.1, -0.05) is 6.07 Å². The molecule has 1 aromatic heterocycles. The van der Waals surface area contributed by atoms with Gasteiger partial charge in [0, 0.05) is 57.3 Å². The van der Waals surface area contributed by atoms with Gasteiger partial charge in [-0.2, -0.15) is 0 Å². The number of carbonyl (C=O) groups is 2. The van der Waals surface area contributed by atoms with Crippen LogP contribution in [0, 0.1) is 0 Å². The number of hydrogen-bond donors (Lipinski definition) is 1.